The molecule has 1 aliphatic heterocycles. The number of nitrogens with zero attached hydrogens (tertiary/aromatic N) is 3. The van der Waals surface area contributed by atoms with Gasteiger partial charge in [0.25, 0.3) is 0 Å². The van der Waals surface area contributed by atoms with Crippen LogP contribution in [0.3, 0.4) is 0 Å². The van der Waals surface area contributed by atoms with Crippen LogP contribution in [0.1, 0.15) is 12.5 Å². The van der Waals surface area contributed by atoms with E-state index in [1.165, 1.54) is 0 Å². The second-order valence-corrected chi connectivity index (χ2v) is 5.57. The minimum Gasteiger partial charge on any atom is -0.354 e. The lowest BCUT2D eigenvalue weighted by Gasteiger charge is -2.40. The predicted molar refractivity (Wildman–Crippen MR) is 84.7 cm³/mol. The summed E-state index contributed by atoms with van der Waals surface area (Å²) in [5.41, 5.74) is 2.88. The molecule has 21 heavy (non-hydrogen) atoms. The number of carbonyl (C=O) groups excluding carboxylic acids is 1. The molecule has 0 radical (unpaired) electrons. The van der Waals surface area contributed by atoms with Gasteiger partial charge in [-0.3, -0.25) is 4.79 Å². The van der Waals surface area contributed by atoms with Crippen LogP contribution in [0.5, 0.6) is 0 Å². The number of aromatic nitrogens is 1. The van der Waals surface area contributed by atoms with Crippen LogP contribution >= 0.6 is 11.6 Å². The Morgan fingerprint density at radius 3 is 2.67 bits per heavy atom. The van der Waals surface area contributed by atoms with Crippen molar-refractivity contribution in [1.29, 1.82) is 0 Å². The van der Waals surface area contributed by atoms with Crippen molar-refractivity contribution >= 4 is 28.9 Å². The van der Waals surface area contributed by atoms with Gasteiger partial charge in [0.05, 0.1) is 17.6 Å². The average Bonchev–Trinajstić information content (AvgIpc) is 2.50. The lowest BCUT2D eigenvalue weighted by Crippen LogP contribution is -2.50. The summed E-state index contributed by atoms with van der Waals surface area (Å²) in [7, 11) is 1.77. The summed E-state index contributed by atoms with van der Waals surface area (Å²) in [5.74, 6) is 0.0579. The molecule has 1 amide bonds. The van der Waals surface area contributed by atoms with Gasteiger partial charge in [0.2, 0.25) is 5.91 Å². The summed E-state index contributed by atoms with van der Waals surface area (Å²) in [4.78, 5) is 20.2. The zero-order valence-electron chi connectivity index (χ0n) is 12.0. The van der Waals surface area contributed by atoms with Crippen LogP contribution in [-0.4, -0.2) is 24.0 Å². The third kappa shape index (κ3) is 2.47. The van der Waals surface area contributed by atoms with Gasteiger partial charge in [-0.05, 0) is 12.5 Å². The lowest BCUT2D eigenvalue weighted by atomic mass is 10.1. The number of halogens is 1. The van der Waals surface area contributed by atoms with Gasteiger partial charge < -0.3 is 9.80 Å². The maximum Gasteiger partial charge on any atom is 0.249 e. The predicted octanol–water partition coefficient (Wildman–Crippen LogP) is 3.11. The van der Waals surface area contributed by atoms with Crippen molar-refractivity contribution in [3.8, 4) is 0 Å². The Morgan fingerprint density at radius 2 is 1.95 bits per heavy atom. The van der Waals surface area contributed by atoms with Gasteiger partial charge in [0, 0.05) is 19.7 Å². The molecule has 3 rings (SSSR count). The number of hydrogen-bond acceptors (Lipinski definition) is 3. The summed E-state index contributed by atoms with van der Waals surface area (Å²) in [6.07, 6.45) is 1.65. The average molecular weight is 302 g/mol. The molecule has 0 fully saturated rings. The van der Waals surface area contributed by atoms with Gasteiger partial charge >= 0.3 is 0 Å². The minimum atomic E-state index is -0.235. The Labute approximate surface area is 129 Å². The molecule has 1 aliphatic rings. The van der Waals surface area contributed by atoms with Crippen LogP contribution in [0.25, 0.3) is 0 Å². The summed E-state index contributed by atoms with van der Waals surface area (Å²) in [6.45, 7) is 2.58. The van der Waals surface area contributed by atoms with E-state index < -0.39 is 0 Å². The van der Waals surface area contributed by atoms with E-state index in [4.69, 9.17) is 11.6 Å². The van der Waals surface area contributed by atoms with Crippen molar-refractivity contribution in [1.82, 2.24) is 4.98 Å². The molecule has 0 N–H and O–H groups in total. The molecular weight excluding hydrogens is 286 g/mol. The third-order valence-corrected chi connectivity index (χ3v) is 4.06. The highest BCUT2D eigenvalue weighted by Crippen LogP contribution is 2.37. The van der Waals surface area contributed by atoms with E-state index in [9.17, 15) is 4.79 Å². The lowest BCUT2D eigenvalue weighted by molar-refractivity contribution is -0.119. The first-order valence-electron chi connectivity index (χ1n) is 6.81. The number of fused-ring (bicyclic) bond motifs is 1. The van der Waals surface area contributed by atoms with Crippen molar-refractivity contribution in [3.05, 3.63) is 53.3 Å². The third-order valence-electron chi connectivity index (χ3n) is 3.85. The van der Waals surface area contributed by atoms with Crippen LogP contribution in [0.4, 0.5) is 11.4 Å². The van der Waals surface area contributed by atoms with Gasteiger partial charge in [-0.2, -0.15) is 0 Å². The number of amides is 1. The number of pyridine rings is 1. The Balaban J connectivity index is 2.05. The van der Waals surface area contributed by atoms with E-state index in [1.54, 1.807) is 18.1 Å². The van der Waals surface area contributed by atoms with Crippen LogP contribution < -0.4 is 9.80 Å². The number of hydrogen-bond donors (Lipinski definition) is 0. The smallest absolute Gasteiger partial charge is 0.249 e. The summed E-state index contributed by atoms with van der Waals surface area (Å²) < 4.78 is 0. The molecular formula is C16H16ClN3O. The number of carbonyl (C=O) groups is 1. The summed E-state index contributed by atoms with van der Waals surface area (Å²) in [5, 5.41) is 0.432. The summed E-state index contributed by atoms with van der Waals surface area (Å²) in [6, 6.07) is 11.7. The maximum absolute atomic E-state index is 12.4. The van der Waals surface area contributed by atoms with Crippen LogP contribution in [-0.2, 0) is 11.3 Å². The highest BCUT2D eigenvalue weighted by molar-refractivity contribution is 6.30. The molecule has 2 aromatic rings. The zero-order valence-corrected chi connectivity index (χ0v) is 12.7. The van der Waals surface area contributed by atoms with Gasteiger partial charge in [-0.25, -0.2) is 4.98 Å². The molecule has 5 heteroatoms. The van der Waals surface area contributed by atoms with E-state index in [1.807, 2.05) is 31.2 Å². The monoisotopic (exact) mass is 301 g/mol. The second-order valence-electron chi connectivity index (χ2n) is 5.18. The fourth-order valence-electron chi connectivity index (χ4n) is 2.64. The molecule has 0 saturated heterocycles. The zero-order chi connectivity index (χ0) is 15.0. The second kappa shape index (κ2) is 5.37. The normalized spacial score (nSPS) is 17.9. The molecule has 0 spiro atoms. The molecule has 4 nitrogen and oxygen atoms in total. The molecule has 0 unspecified atom stereocenters. The molecule has 1 aromatic heterocycles. The highest BCUT2D eigenvalue weighted by Gasteiger charge is 2.33. The summed E-state index contributed by atoms with van der Waals surface area (Å²) >= 11 is 6.04. The maximum atomic E-state index is 12.4. The first-order valence-corrected chi connectivity index (χ1v) is 7.19. The fourth-order valence-corrected chi connectivity index (χ4v) is 2.80. The number of benzene rings is 1. The number of likely N-dealkylation sites (N-methyl/N-ethyl adjacent to an activating group) is 1. The SMILES string of the molecule is C[C@H]1C(=O)N(C)c2cnc(Cl)cc2N1Cc1ccccc1. The van der Waals surface area contributed by atoms with Crippen molar-refractivity contribution in [2.75, 3.05) is 16.8 Å². The Kier molecular flexibility index (Phi) is 3.55. The van der Waals surface area contributed by atoms with Gasteiger partial charge in [0.1, 0.15) is 11.2 Å². The van der Waals surface area contributed by atoms with Crippen molar-refractivity contribution in [2.45, 2.75) is 19.5 Å². The largest absolute Gasteiger partial charge is 0.354 e. The fraction of sp³-hybridized carbons (Fsp3) is 0.250. The first kappa shape index (κ1) is 13.9. The molecule has 0 aliphatic carbocycles. The molecule has 108 valence electrons. The van der Waals surface area contributed by atoms with Crippen LogP contribution in [0.15, 0.2) is 42.6 Å². The van der Waals surface area contributed by atoms with E-state index in [-0.39, 0.29) is 11.9 Å². The van der Waals surface area contributed by atoms with Crippen LogP contribution in [0.2, 0.25) is 5.15 Å². The van der Waals surface area contributed by atoms with Crippen LogP contribution in [0, 0.1) is 0 Å². The Morgan fingerprint density at radius 1 is 1.24 bits per heavy atom. The van der Waals surface area contributed by atoms with E-state index in [0.717, 1.165) is 16.9 Å². The van der Waals surface area contributed by atoms with Crippen molar-refractivity contribution < 1.29 is 4.79 Å². The Hall–Kier alpha value is -2.07. The number of anilines is 2. The molecule has 1 atom stereocenters. The Bertz CT molecular complexity index is 674. The molecule has 0 saturated carbocycles. The topological polar surface area (TPSA) is 36.4 Å². The quantitative estimate of drug-likeness (QED) is 0.800. The minimum absolute atomic E-state index is 0.0579. The highest BCUT2D eigenvalue weighted by atomic mass is 35.5. The van der Waals surface area contributed by atoms with E-state index in [2.05, 4.69) is 22.0 Å². The van der Waals surface area contributed by atoms with Crippen molar-refractivity contribution in [3.63, 3.8) is 0 Å². The molecule has 2 heterocycles. The van der Waals surface area contributed by atoms with Gasteiger partial charge in [0.15, 0.2) is 0 Å². The first-order chi connectivity index (χ1) is 10.1. The standard InChI is InChI=1S/C16H16ClN3O/c1-11-16(21)19(2)14-9-18-15(17)8-13(14)20(11)10-12-6-4-3-5-7-12/h3-9,11H,10H2,1-2H3/t11-/m0/s1. The van der Waals surface area contributed by atoms with Crippen molar-refractivity contribution in [2.24, 2.45) is 0 Å². The van der Waals surface area contributed by atoms with E-state index in [0.29, 0.717) is 11.7 Å². The van der Waals surface area contributed by atoms with Gasteiger partial charge in [-0.15, -0.1) is 0 Å². The van der Waals surface area contributed by atoms with Gasteiger partial charge in [-0.1, -0.05) is 41.9 Å². The molecule has 0 bridgehead atoms. The number of rotatable bonds is 2. The molecule has 1 aromatic carbocycles. The van der Waals surface area contributed by atoms with E-state index >= 15 is 0 Å².